The zero-order valence-electron chi connectivity index (χ0n) is 13.0. The van der Waals surface area contributed by atoms with Gasteiger partial charge in [0.2, 0.25) is 11.8 Å². The minimum atomic E-state index is 0.0413. The van der Waals surface area contributed by atoms with Gasteiger partial charge in [0.05, 0.1) is 0 Å². The van der Waals surface area contributed by atoms with Crippen molar-refractivity contribution in [2.75, 3.05) is 11.9 Å². The summed E-state index contributed by atoms with van der Waals surface area (Å²) < 4.78 is 0. The van der Waals surface area contributed by atoms with Crippen molar-refractivity contribution in [2.24, 2.45) is 5.92 Å². The fourth-order valence-electron chi connectivity index (χ4n) is 3.06. The SMILES string of the molecule is O=C(CCCNC(=O)C1CC1)Nc1cccc2c1CCCC2. The second kappa shape index (κ2) is 6.95. The van der Waals surface area contributed by atoms with Gasteiger partial charge in [0.15, 0.2) is 0 Å². The summed E-state index contributed by atoms with van der Waals surface area (Å²) in [6.07, 6.45) is 7.80. The Bertz CT molecular complexity index is 564. The third kappa shape index (κ3) is 3.87. The Balaban J connectivity index is 1.44. The Kier molecular flexibility index (Phi) is 4.76. The molecule has 0 unspecified atom stereocenters. The lowest BCUT2D eigenvalue weighted by Crippen LogP contribution is -2.26. The minimum absolute atomic E-state index is 0.0413. The van der Waals surface area contributed by atoms with Gasteiger partial charge in [-0.15, -0.1) is 0 Å². The molecule has 0 bridgehead atoms. The molecule has 0 aliphatic heterocycles. The first-order valence-electron chi connectivity index (χ1n) is 8.42. The maximum Gasteiger partial charge on any atom is 0.224 e. The summed E-state index contributed by atoms with van der Waals surface area (Å²) in [5.41, 5.74) is 3.66. The summed E-state index contributed by atoms with van der Waals surface area (Å²) in [5.74, 6) is 0.432. The first-order chi connectivity index (χ1) is 10.7. The van der Waals surface area contributed by atoms with Crippen LogP contribution in [0.25, 0.3) is 0 Å². The van der Waals surface area contributed by atoms with Crippen LogP contribution in [0.3, 0.4) is 0 Å². The van der Waals surface area contributed by atoms with Crippen LogP contribution in [0.15, 0.2) is 18.2 Å². The summed E-state index contributed by atoms with van der Waals surface area (Å²) in [6, 6.07) is 6.18. The highest BCUT2D eigenvalue weighted by atomic mass is 16.2. The van der Waals surface area contributed by atoms with Crippen molar-refractivity contribution in [1.82, 2.24) is 5.32 Å². The molecule has 3 rings (SSSR count). The Morgan fingerprint density at radius 2 is 1.95 bits per heavy atom. The van der Waals surface area contributed by atoms with Gasteiger partial charge in [-0.25, -0.2) is 0 Å². The Morgan fingerprint density at radius 3 is 2.77 bits per heavy atom. The molecule has 0 heterocycles. The molecule has 0 aromatic heterocycles. The lowest BCUT2D eigenvalue weighted by atomic mass is 9.90. The quantitative estimate of drug-likeness (QED) is 0.794. The van der Waals surface area contributed by atoms with E-state index in [0.29, 0.717) is 19.4 Å². The zero-order valence-corrected chi connectivity index (χ0v) is 13.0. The van der Waals surface area contributed by atoms with Gasteiger partial charge in [0.1, 0.15) is 0 Å². The van der Waals surface area contributed by atoms with Crippen molar-refractivity contribution in [1.29, 1.82) is 0 Å². The Labute approximate surface area is 131 Å². The second-order valence-electron chi connectivity index (χ2n) is 6.37. The van der Waals surface area contributed by atoms with E-state index < -0.39 is 0 Å². The van der Waals surface area contributed by atoms with E-state index in [4.69, 9.17) is 0 Å². The predicted molar refractivity (Wildman–Crippen MR) is 86.7 cm³/mol. The molecular formula is C18H24N2O2. The molecule has 4 heteroatoms. The third-order valence-electron chi connectivity index (χ3n) is 4.50. The number of rotatable bonds is 6. The number of nitrogens with one attached hydrogen (secondary N) is 2. The number of aryl methyl sites for hydroxylation is 1. The molecule has 1 saturated carbocycles. The maximum absolute atomic E-state index is 12.1. The molecule has 118 valence electrons. The maximum atomic E-state index is 12.1. The molecule has 1 aromatic carbocycles. The van der Waals surface area contributed by atoms with Crippen molar-refractivity contribution < 1.29 is 9.59 Å². The van der Waals surface area contributed by atoms with E-state index in [2.05, 4.69) is 16.7 Å². The van der Waals surface area contributed by atoms with Crippen LogP contribution >= 0.6 is 0 Å². The first kappa shape index (κ1) is 15.1. The zero-order chi connectivity index (χ0) is 15.4. The van der Waals surface area contributed by atoms with E-state index in [0.717, 1.165) is 31.4 Å². The van der Waals surface area contributed by atoms with Gasteiger partial charge < -0.3 is 10.6 Å². The second-order valence-corrected chi connectivity index (χ2v) is 6.37. The highest BCUT2D eigenvalue weighted by molar-refractivity contribution is 5.91. The number of hydrogen-bond donors (Lipinski definition) is 2. The molecule has 1 fully saturated rings. The molecule has 0 atom stereocenters. The molecule has 1 aromatic rings. The van der Waals surface area contributed by atoms with Crippen LogP contribution in [0.1, 0.15) is 49.7 Å². The largest absolute Gasteiger partial charge is 0.356 e. The van der Waals surface area contributed by atoms with Crippen LogP contribution in [-0.4, -0.2) is 18.4 Å². The number of carbonyl (C=O) groups excluding carboxylic acids is 2. The van der Waals surface area contributed by atoms with Crippen molar-refractivity contribution in [3.05, 3.63) is 29.3 Å². The Hall–Kier alpha value is -1.84. The van der Waals surface area contributed by atoms with Gasteiger partial charge in [-0.2, -0.15) is 0 Å². The molecule has 0 radical (unpaired) electrons. The smallest absolute Gasteiger partial charge is 0.224 e. The van der Waals surface area contributed by atoms with E-state index >= 15 is 0 Å². The van der Waals surface area contributed by atoms with Crippen LogP contribution in [-0.2, 0) is 22.4 Å². The van der Waals surface area contributed by atoms with Crippen molar-refractivity contribution in [3.63, 3.8) is 0 Å². The lowest BCUT2D eigenvalue weighted by Gasteiger charge is -2.19. The van der Waals surface area contributed by atoms with Crippen LogP contribution in [0.4, 0.5) is 5.69 Å². The first-order valence-corrected chi connectivity index (χ1v) is 8.42. The summed E-state index contributed by atoms with van der Waals surface area (Å²) in [4.78, 5) is 23.6. The fraction of sp³-hybridized carbons (Fsp3) is 0.556. The number of carbonyl (C=O) groups is 2. The summed E-state index contributed by atoms with van der Waals surface area (Å²) in [5, 5.41) is 5.94. The van der Waals surface area contributed by atoms with Gasteiger partial charge in [0.25, 0.3) is 0 Å². The molecule has 2 aliphatic rings. The predicted octanol–water partition coefficient (Wildman–Crippen LogP) is 2.81. The summed E-state index contributed by atoms with van der Waals surface area (Å²) >= 11 is 0. The van der Waals surface area contributed by atoms with Crippen molar-refractivity contribution in [3.8, 4) is 0 Å². The van der Waals surface area contributed by atoms with Gasteiger partial charge in [-0.1, -0.05) is 12.1 Å². The van der Waals surface area contributed by atoms with Crippen molar-refractivity contribution >= 4 is 17.5 Å². The number of fused-ring (bicyclic) bond motifs is 1. The van der Waals surface area contributed by atoms with E-state index in [1.54, 1.807) is 0 Å². The molecular weight excluding hydrogens is 276 g/mol. The molecule has 4 nitrogen and oxygen atoms in total. The molecule has 0 saturated heterocycles. The van der Waals surface area contributed by atoms with Gasteiger partial charge in [-0.3, -0.25) is 9.59 Å². The average Bonchev–Trinajstić information content (AvgIpc) is 3.37. The number of anilines is 1. The third-order valence-corrected chi connectivity index (χ3v) is 4.50. The highest BCUT2D eigenvalue weighted by Crippen LogP contribution is 2.29. The van der Waals surface area contributed by atoms with E-state index in [1.165, 1.54) is 24.0 Å². The fourth-order valence-corrected chi connectivity index (χ4v) is 3.06. The van der Waals surface area contributed by atoms with E-state index in [9.17, 15) is 9.59 Å². The number of hydrogen-bond acceptors (Lipinski definition) is 2. The van der Waals surface area contributed by atoms with Gasteiger partial charge in [0, 0.05) is 24.6 Å². The molecule has 22 heavy (non-hydrogen) atoms. The monoisotopic (exact) mass is 300 g/mol. The van der Waals surface area contributed by atoms with Crippen LogP contribution in [0, 0.1) is 5.92 Å². The van der Waals surface area contributed by atoms with Crippen molar-refractivity contribution in [2.45, 2.75) is 51.4 Å². The minimum Gasteiger partial charge on any atom is -0.356 e. The van der Waals surface area contributed by atoms with Crippen LogP contribution in [0.2, 0.25) is 0 Å². The topological polar surface area (TPSA) is 58.2 Å². The highest BCUT2D eigenvalue weighted by Gasteiger charge is 2.29. The summed E-state index contributed by atoms with van der Waals surface area (Å²) in [6.45, 7) is 0.593. The molecule has 2 amide bonds. The molecule has 2 N–H and O–H groups in total. The normalized spacial score (nSPS) is 16.7. The van der Waals surface area contributed by atoms with E-state index in [-0.39, 0.29) is 17.7 Å². The Morgan fingerprint density at radius 1 is 1.14 bits per heavy atom. The number of amides is 2. The molecule has 2 aliphatic carbocycles. The molecule has 0 spiro atoms. The van der Waals surface area contributed by atoms with Crippen LogP contribution in [0.5, 0.6) is 0 Å². The van der Waals surface area contributed by atoms with Gasteiger partial charge >= 0.3 is 0 Å². The van der Waals surface area contributed by atoms with E-state index in [1.807, 2.05) is 12.1 Å². The van der Waals surface area contributed by atoms with Crippen LogP contribution < -0.4 is 10.6 Å². The average molecular weight is 300 g/mol. The lowest BCUT2D eigenvalue weighted by molar-refractivity contribution is -0.122. The summed E-state index contributed by atoms with van der Waals surface area (Å²) in [7, 11) is 0. The van der Waals surface area contributed by atoms with Gasteiger partial charge in [-0.05, 0) is 62.1 Å². The standard InChI is InChI=1S/C18H24N2O2/c21-17(9-4-12-19-18(22)14-10-11-14)20-16-8-3-6-13-5-1-2-7-15(13)16/h3,6,8,14H,1-2,4-5,7,9-12H2,(H,19,22)(H,20,21). The number of benzene rings is 1.